The van der Waals surface area contributed by atoms with E-state index in [-0.39, 0.29) is 17.3 Å². The maximum Gasteiger partial charge on any atom is 0.257 e. The largest absolute Gasteiger partial charge is 0.396 e. The molecule has 1 aromatic carbocycles. The van der Waals surface area contributed by atoms with E-state index in [1.165, 1.54) is 12.0 Å². The molecule has 1 atom stereocenters. The number of nitrogen functional groups attached to an aromatic ring is 1. The van der Waals surface area contributed by atoms with Crippen LogP contribution in [0, 0.1) is 11.6 Å². The fourth-order valence-corrected chi connectivity index (χ4v) is 1.87. The van der Waals surface area contributed by atoms with Gasteiger partial charge < -0.3 is 15.4 Å². The van der Waals surface area contributed by atoms with Gasteiger partial charge in [-0.3, -0.25) is 4.79 Å². The zero-order valence-corrected chi connectivity index (χ0v) is 11.2. The molecule has 0 radical (unpaired) electrons. The molecular weight excluding hydrogens is 254 g/mol. The molecular formula is C13H18F2N2O2. The highest BCUT2D eigenvalue weighted by Gasteiger charge is 2.23. The van der Waals surface area contributed by atoms with Gasteiger partial charge >= 0.3 is 0 Å². The summed E-state index contributed by atoms with van der Waals surface area (Å²) >= 11 is 0. The lowest BCUT2D eigenvalue weighted by atomic mass is 10.1. The van der Waals surface area contributed by atoms with Crippen molar-refractivity contribution in [2.75, 3.05) is 26.0 Å². The second kappa shape index (κ2) is 6.47. The average Bonchev–Trinajstić information content (AvgIpc) is 2.34. The Hall–Kier alpha value is -1.69. The summed E-state index contributed by atoms with van der Waals surface area (Å²) in [6.45, 7) is 4.28. The summed E-state index contributed by atoms with van der Waals surface area (Å²) in [5.41, 5.74) is 4.88. The smallest absolute Gasteiger partial charge is 0.257 e. The van der Waals surface area contributed by atoms with Gasteiger partial charge in [0.25, 0.3) is 5.91 Å². The van der Waals surface area contributed by atoms with Crippen LogP contribution in [0.15, 0.2) is 12.1 Å². The number of nitrogens with two attached hydrogens (primary N) is 1. The van der Waals surface area contributed by atoms with Crippen molar-refractivity contribution in [3.63, 3.8) is 0 Å². The van der Waals surface area contributed by atoms with Crippen molar-refractivity contribution in [1.29, 1.82) is 0 Å². The van der Waals surface area contributed by atoms with Crippen molar-refractivity contribution in [2.24, 2.45) is 0 Å². The number of benzene rings is 1. The van der Waals surface area contributed by atoms with E-state index < -0.39 is 17.5 Å². The van der Waals surface area contributed by atoms with Gasteiger partial charge in [0.2, 0.25) is 0 Å². The maximum atomic E-state index is 13.7. The Bertz CT molecular complexity index is 466. The van der Waals surface area contributed by atoms with E-state index in [0.717, 1.165) is 6.07 Å². The number of carbonyl (C=O) groups is 1. The zero-order valence-electron chi connectivity index (χ0n) is 11.2. The van der Waals surface area contributed by atoms with Crippen molar-refractivity contribution in [2.45, 2.75) is 19.9 Å². The SMILES string of the molecule is CCN(C(=O)c1cc(N)c(F)cc1F)C(C)COC. The van der Waals surface area contributed by atoms with Crippen molar-refractivity contribution in [1.82, 2.24) is 4.90 Å². The molecule has 1 rings (SSSR count). The molecule has 6 heteroatoms. The number of hydrogen-bond donors (Lipinski definition) is 1. The summed E-state index contributed by atoms with van der Waals surface area (Å²) in [6, 6.07) is 1.43. The van der Waals surface area contributed by atoms with E-state index >= 15 is 0 Å². The molecule has 1 amide bonds. The number of carbonyl (C=O) groups excluding carboxylic acids is 1. The Morgan fingerprint density at radius 1 is 1.42 bits per heavy atom. The lowest BCUT2D eigenvalue weighted by molar-refractivity contribution is 0.0575. The Morgan fingerprint density at radius 2 is 2.05 bits per heavy atom. The third-order valence-corrected chi connectivity index (χ3v) is 2.86. The van der Waals surface area contributed by atoms with Crippen LogP contribution >= 0.6 is 0 Å². The van der Waals surface area contributed by atoms with Gasteiger partial charge in [-0.1, -0.05) is 0 Å². The van der Waals surface area contributed by atoms with E-state index in [4.69, 9.17) is 10.5 Å². The summed E-state index contributed by atoms with van der Waals surface area (Å²) in [6.07, 6.45) is 0. The van der Waals surface area contributed by atoms with Crippen molar-refractivity contribution in [3.8, 4) is 0 Å². The van der Waals surface area contributed by atoms with Gasteiger partial charge in [-0.2, -0.15) is 0 Å². The van der Waals surface area contributed by atoms with Gasteiger partial charge in [-0.25, -0.2) is 8.78 Å². The first-order valence-electron chi connectivity index (χ1n) is 5.96. The molecule has 0 saturated heterocycles. The van der Waals surface area contributed by atoms with Crippen molar-refractivity contribution >= 4 is 11.6 Å². The van der Waals surface area contributed by atoms with Gasteiger partial charge in [0.05, 0.1) is 23.9 Å². The Morgan fingerprint density at radius 3 is 2.58 bits per heavy atom. The van der Waals surface area contributed by atoms with Gasteiger partial charge in [0.15, 0.2) is 0 Å². The number of methoxy groups -OCH3 is 1. The molecule has 4 nitrogen and oxygen atoms in total. The number of rotatable bonds is 5. The van der Waals surface area contributed by atoms with Crippen LogP contribution in [0.1, 0.15) is 24.2 Å². The minimum Gasteiger partial charge on any atom is -0.396 e. The highest BCUT2D eigenvalue weighted by atomic mass is 19.1. The van der Waals surface area contributed by atoms with Crippen LogP contribution in [-0.4, -0.2) is 37.1 Å². The highest BCUT2D eigenvalue weighted by Crippen LogP contribution is 2.19. The molecule has 0 spiro atoms. The second-order valence-electron chi connectivity index (χ2n) is 4.25. The monoisotopic (exact) mass is 272 g/mol. The first-order valence-corrected chi connectivity index (χ1v) is 5.96. The number of amides is 1. The molecule has 0 aliphatic heterocycles. The van der Waals surface area contributed by atoms with Crippen molar-refractivity contribution < 1.29 is 18.3 Å². The minimum absolute atomic E-state index is 0.215. The van der Waals surface area contributed by atoms with E-state index in [1.807, 2.05) is 0 Å². The van der Waals surface area contributed by atoms with Crippen LogP contribution in [0.2, 0.25) is 0 Å². The predicted octanol–water partition coefficient (Wildman–Crippen LogP) is 2.04. The van der Waals surface area contributed by atoms with Crippen LogP contribution in [-0.2, 0) is 4.74 Å². The Labute approximate surface area is 111 Å². The minimum atomic E-state index is -0.917. The summed E-state index contributed by atoms with van der Waals surface area (Å²) in [7, 11) is 1.52. The lowest BCUT2D eigenvalue weighted by Crippen LogP contribution is -2.41. The number of nitrogens with zero attached hydrogens (tertiary/aromatic N) is 1. The zero-order chi connectivity index (χ0) is 14.6. The number of likely N-dealkylation sites (N-methyl/N-ethyl adjacent to an activating group) is 1. The first kappa shape index (κ1) is 15.4. The van der Waals surface area contributed by atoms with Crippen LogP contribution in [0.5, 0.6) is 0 Å². The van der Waals surface area contributed by atoms with Crippen molar-refractivity contribution in [3.05, 3.63) is 29.3 Å². The molecule has 0 aromatic heterocycles. The van der Waals surface area contributed by atoms with Crippen LogP contribution in [0.3, 0.4) is 0 Å². The Balaban J connectivity index is 3.07. The number of ether oxygens (including phenoxy) is 1. The van der Waals surface area contributed by atoms with Gasteiger partial charge in [0.1, 0.15) is 11.6 Å². The normalized spacial score (nSPS) is 12.3. The van der Waals surface area contributed by atoms with E-state index in [0.29, 0.717) is 19.2 Å². The molecule has 19 heavy (non-hydrogen) atoms. The third-order valence-electron chi connectivity index (χ3n) is 2.86. The van der Waals surface area contributed by atoms with E-state index in [9.17, 15) is 13.6 Å². The van der Waals surface area contributed by atoms with Gasteiger partial charge in [-0.15, -0.1) is 0 Å². The molecule has 0 aliphatic rings. The van der Waals surface area contributed by atoms with Crippen LogP contribution < -0.4 is 5.73 Å². The topological polar surface area (TPSA) is 55.6 Å². The fraction of sp³-hybridized carbons (Fsp3) is 0.462. The summed E-state index contributed by atoms with van der Waals surface area (Å²) < 4.78 is 31.7. The van der Waals surface area contributed by atoms with Crippen LogP contribution in [0.25, 0.3) is 0 Å². The molecule has 0 saturated carbocycles. The molecule has 0 fully saturated rings. The van der Waals surface area contributed by atoms with E-state index in [1.54, 1.807) is 13.8 Å². The standard InChI is InChI=1S/C13H18F2N2O2/c1-4-17(8(2)7-19-3)13(18)9-5-12(16)11(15)6-10(9)14/h5-6,8H,4,7,16H2,1-3H3. The van der Waals surface area contributed by atoms with Gasteiger partial charge in [-0.05, 0) is 19.9 Å². The average molecular weight is 272 g/mol. The quantitative estimate of drug-likeness (QED) is 0.835. The molecule has 1 aromatic rings. The third kappa shape index (κ3) is 3.41. The summed E-state index contributed by atoms with van der Waals surface area (Å²) in [5, 5.41) is 0. The summed E-state index contributed by atoms with van der Waals surface area (Å²) in [5.74, 6) is -2.32. The number of hydrogen-bond acceptors (Lipinski definition) is 3. The summed E-state index contributed by atoms with van der Waals surface area (Å²) in [4.78, 5) is 13.7. The molecule has 0 aliphatic carbocycles. The predicted molar refractivity (Wildman–Crippen MR) is 68.8 cm³/mol. The second-order valence-corrected chi connectivity index (χ2v) is 4.25. The lowest BCUT2D eigenvalue weighted by Gasteiger charge is -2.27. The van der Waals surface area contributed by atoms with Crippen LogP contribution in [0.4, 0.5) is 14.5 Å². The highest BCUT2D eigenvalue weighted by molar-refractivity contribution is 5.95. The Kier molecular flexibility index (Phi) is 5.23. The molecule has 106 valence electrons. The fourth-order valence-electron chi connectivity index (χ4n) is 1.87. The maximum absolute atomic E-state index is 13.7. The molecule has 2 N–H and O–H groups in total. The molecule has 0 heterocycles. The number of halogens is 2. The first-order chi connectivity index (χ1) is 8.92. The molecule has 1 unspecified atom stereocenters. The van der Waals surface area contributed by atoms with E-state index in [2.05, 4.69) is 0 Å². The molecule has 0 bridgehead atoms. The van der Waals surface area contributed by atoms with Gasteiger partial charge in [0, 0.05) is 19.7 Å². The number of anilines is 1.